The summed E-state index contributed by atoms with van der Waals surface area (Å²) in [5.41, 5.74) is 1.25. The Bertz CT molecular complexity index is 614. The van der Waals surface area contributed by atoms with Crippen LogP contribution in [0.2, 0.25) is 5.02 Å². The lowest BCUT2D eigenvalue weighted by molar-refractivity contribution is -0.146. The lowest BCUT2D eigenvalue weighted by Crippen LogP contribution is -2.27. The number of aryl methyl sites for hydroxylation is 1. The zero-order chi connectivity index (χ0) is 13.5. The summed E-state index contributed by atoms with van der Waals surface area (Å²) in [5.74, 6) is -0.786. The number of fused-ring (bicyclic) bond motifs is 1. The maximum Gasteiger partial charge on any atom is 0.309 e. The van der Waals surface area contributed by atoms with E-state index in [0.29, 0.717) is 11.4 Å². The van der Waals surface area contributed by atoms with Crippen LogP contribution < -0.4 is 0 Å². The Hall–Kier alpha value is -1.48. The summed E-state index contributed by atoms with van der Waals surface area (Å²) in [6, 6.07) is 7.72. The molecule has 0 aliphatic rings. The van der Waals surface area contributed by atoms with E-state index in [1.54, 1.807) is 13.8 Å². The number of hydrogen-bond acceptors (Lipinski definition) is 1. The fraction of sp³-hybridized carbons (Fsp3) is 0.357. The summed E-state index contributed by atoms with van der Waals surface area (Å²) >= 11 is 5.98. The van der Waals surface area contributed by atoms with Gasteiger partial charge in [-0.15, -0.1) is 0 Å². The molecule has 3 nitrogen and oxygen atoms in total. The van der Waals surface area contributed by atoms with Crippen molar-refractivity contribution in [2.75, 3.05) is 0 Å². The largest absolute Gasteiger partial charge is 0.481 e. The smallest absolute Gasteiger partial charge is 0.309 e. The van der Waals surface area contributed by atoms with Crippen LogP contribution in [0.3, 0.4) is 0 Å². The summed E-state index contributed by atoms with van der Waals surface area (Å²) in [5, 5.41) is 11.0. The summed E-state index contributed by atoms with van der Waals surface area (Å²) in [4.78, 5) is 11.2. The van der Waals surface area contributed by atoms with E-state index in [9.17, 15) is 9.90 Å². The van der Waals surface area contributed by atoms with Crippen molar-refractivity contribution in [3.05, 3.63) is 35.0 Å². The van der Waals surface area contributed by atoms with E-state index in [-0.39, 0.29) is 0 Å². The molecule has 0 unspecified atom stereocenters. The Morgan fingerprint density at radius 2 is 2.06 bits per heavy atom. The van der Waals surface area contributed by atoms with Crippen molar-refractivity contribution in [1.29, 1.82) is 0 Å². The van der Waals surface area contributed by atoms with Gasteiger partial charge in [0, 0.05) is 29.7 Å². The zero-order valence-electron chi connectivity index (χ0n) is 10.7. The second-order valence-electron chi connectivity index (χ2n) is 5.26. The highest BCUT2D eigenvalue weighted by atomic mass is 35.5. The van der Waals surface area contributed by atoms with E-state index in [1.165, 1.54) is 0 Å². The van der Waals surface area contributed by atoms with Gasteiger partial charge in [-0.3, -0.25) is 4.79 Å². The molecule has 0 bridgehead atoms. The maximum absolute atomic E-state index is 11.2. The van der Waals surface area contributed by atoms with Crippen molar-refractivity contribution in [2.24, 2.45) is 12.5 Å². The fourth-order valence-corrected chi connectivity index (χ4v) is 2.22. The first kappa shape index (κ1) is 13.0. The molecular formula is C14H16ClNO2. The Kier molecular flexibility index (Phi) is 3.11. The first-order valence-electron chi connectivity index (χ1n) is 5.78. The number of nitrogens with zero attached hydrogens (tertiary/aromatic N) is 1. The molecule has 1 aromatic heterocycles. The molecule has 0 aliphatic heterocycles. The Morgan fingerprint density at radius 3 is 2.67 bits per heavy atom. The molecule has 0 amide bonds. The van der Waals surface area contributed by atoms with E-state index in [1.807, 2.05) is 35.9 Å². The predicted octanol–water partition coefficient (Wildman–Crippen LogP) is 3.49. The second-order valence-corrected chi connectivity index (χ2v) is 5.70. The highest BCUT2D eigenvalue weighted by Gasteiger charge is 2.28. The molecule has 0 spiro atoms. The van der Waals surface area contributed by atoms with Crippen molar-refractivity contribution in [3.63, 3.8) is 0 Å². The first-order chi connectivity index (χ1) is 8.31. The van der Waals surface area contributed by atoms with Crippen molar-refractivity contribution in [1.82, 2.24) is 4.57 Å². The molecule has 0 atom stereocenters. The molecule has 1 aromatic carbocycles. The van der Waals surface area contributed by atoms with Crippen LogP contribution in [-0.2, 0) is 18.3 Å². The predicted molar refractivity (Wildman–Crippen MR) is 73.0 cm³/mol. The lowest BCUT2D eigenvalue weighted by atomic mass is 9.88. The summed E-state index contributed by atoms with van der Waals surface area (Å²) in [6.45, 7) is 3.47. The number of rotatable bonds is 3. The van der Waals surface area contributed by atoms with E-state index in [4.69, 9.17) is 11.6 Å². The minimum atomic E-state index is -0.786. The molecule has 0 fully saturated rings. The van der Waals surface area contributed by atoms with Gasteiger partial charge in [0.25, 0.3) is 0 Å². The Morgan fingerprint density at radius 1 is 1.39 bits per heavy atom. The van der Waals surface area contributed by atoms with Gasteiger partial charge in [0.2, 0.25) is 0 Å². The monoisotopic (exact) mass is 265 g/mol. The van der Waals surface area contributed by atoms with Crippen molar-refractivity contribution in [2.45, 2.75) is 20.3 Å². The van der Waals surface area contributed by atoms with Crippen molar-refractivity contribution in [3.8, 4) is 0 Å². The number of carbonyl (C=O) groups is 1. The fourth-order valence-electron chi connectivity index (χ4n) is 2.06. The van der Waals surface area contributed by atoms with Gasteiger partial charge >= 0.3 is 5.97 Å². The van der Waals surface area contributed by atoms with Gasteiger partial charge in [-0.05, 0) is 37.4 Å². The number of benzene rings is 1. The van der Waals surface area contributed by atoms with E-state index >= 15 is 0 Å². The zero-order valence-corrected chi connectivity index (χ0v) is 11.5. The molecule has 2 rings (SSSR count). The van der Waals surface area contributed by atoms with Gasteiger partial charge in [-0.25, -0.2) is 0 Å². The van der Waals surface area contributed by atoms with Gasteiger partial charge < -0.3 is 9.67 Å². The number of aliphatic carboxylic acids is 1. The average Bonchev–Trinajstić information content (AvgIpc) is 2.56. The quantitative estimate of drug-likeness (QED) is 0.923. The summed E-state index contributed by atoms with van der Waals surface area (Å²) in [6.07, 6.45) is 0.491. The number of carboxylic acid groups (broad SMARTS) is 1. The minimum absolute atomic E-state index is 0.491. The standard InChI is InChI=1S/C14H16ClNO2/c1-14(2,13(17)18)8-11-6-9-4-5-10(15)7-12(9)16(11)3/h4-7H,8H2,1-3H3,(H,17,18). The van der Waals surface area contributed by atoms with E-state index in [2.05, 4.69) is 0 Å². The Balaban J connectivity index is 2.47. The first-order valence-corrected chi connectivity index (χ1v) is 6.16. The van der Waals surface area contributed by atoms with E-state index in [0.717, 1.165) is 16.6 Å². The van der Waals surface area contributed by atoms with Gasteiger partial charge in [0.1, 0.15) is 0 Å². The molecule has 1 heterocycles. The highest BCUT2D eigenvalue weighted by Crippen LogP contribution is 2.28. The van der Waals surface area contributed by atoms with Crippen LogP contribution in [0.4, 0.5) is 0 Å². The van der Waals surface area contributed by atoms with Crippen molar-refractivity contribution < 1.29 is 9.90 Å². The highest BCUT2D eigenvalue weighted by molar-refractivity contribution is 6.31. The van der Waals surface area contributed by atoms with Crippen LogP contribution in [0.25, 0.3) is 10.9 Å². The molecule has 2 aromatic rings. The summed E-state index contributed by atoms with van der Waals surface area (Å²) < 4.78 is 2.01. The number of halogens is 1. The number of hydrogen-bond donors (Lipinski definition) is 1. The maximum atomic E-state index is 11.2. The van der Waals surface area contributed by atoms with Gasteiger partial charge in [0.05, 0.1) is 5.41 Å². The molecule has 18 heavy (non-hydrogen) atoms. The number of carboxylic acids is 1. The molecule has 0 radical (unpaired) electrons. The van der Waals surface area contributed by atoms with E-state index < -0.39 is 11.4 Å². The van der Waals surface area contributed by atoms with Crippen LogP contribution in [-0.4, -0.2) is 15.6 Å². The molecule has 0 saturated carbocycles. The SMILES string of the molecule is Cn1c(CC(C)(C)C(=O)O)cc2ccc(Cl)cc21. The van der Waals surface area contributed by atoms with Crippen LogP contribution in [0.5, 0.6) is 0 Å². The summed E-state index contributed by atoms with van der Waals surface area (Å²) in [7, 11) is 1.94. The Labute approximate surface area is 111 Å². The molecule has 0 aliphatic carbocycles. The molecular weight excluding hydrogens is 250 g/mol. The van der Waals surface area contributed by atoms with Crippen LogP contribution in [0, 0.1) is 5.41 Å². The van der Waals surface area contributed by atoms with Gasteiger partial charge in [-0.2, -0.15) is 0 Å². The van der Waals surface area contributed by atoms with Crippen LogP contribution in [0.1, 0.15) is 19.5 Å². The lowest BCUT2D eigenvalue weighted by Gasteiger charge is -2.19. The molecule has 1 N–H and O–H groups in total. The normalized spacial score (nSPS) is 12.0. The molecule has 0 saturated heterocycles. The van der Waals surface area contributed by atoms with Crippen LogP contribution >= 0.6 is 11.6 Å². The van der Waals surface area contributed by atoms with Gasteiger partial charge in [0.15, 0.2) is 0 Å². The molecule has 4 heteroatoms. The third-order valence-corrected chi connectivity index (χ3v) is 3.54. The second kappa shape index (κ2) is 4.32. The third kappa shape index (κ3) is 2.23. The van der Waals surface area contributed by atoms with Gasteiger partial charge in [-0.1, -0.05) is 17.7 Å². The minimum Gasteiger partial charge on any atom is -0.481 e. The van der Waals surface area contributed by atoms with Crippen LogP contribution in [0.15, 0.2) is 24.3 Å². The van der Waals surface area contributed by atoms with Crippen molar-refractivity contribution >= 4 is 28.5 Å². The topological polar surface area (TPSA) is 42.2 Å². The average molecular weight is 266 g/mol. The molecule has 96 valence electrons. The third-order valence-electron chi connectivity index (χ3n) is 3.31. The number of aromatic nitrogens is 1.